The van der Waals surface area contributed by atoms with Gasteiger partial charge in [0.15, 0.2) is 0 Å². The molecule has 0 bridgehead atoms. The zero-order valence-corrected chi connectivity index (χ0v) is 19.6. The van der Waals surface area contributed by atoms with E-state index in [1.807, 2.05) is 14.2 Å². The molecule has 0 saturated heterocycles. The van der Waals surface area contributed by atoms with Crippen molar-refractivity contribution < 1.29 is 7.56 Å². The molecule has 3 nitrogen and oxygen atoms in total. The molecule has 0 aliphatic carbocycles. The number of hydrogen-bond donors (Lipinski definition) is 0. The van der Waals surface area contributed by atoms with Gasteiger partial charge in [0.25, 0.3) is 0 Å². The fraction of sp³-hybridized carbons (Fsp3) is 1.00. The first-order chi connectivity index (χ1) is 9.07. The van der Waals surface area contributed by atoms with Crippen molar-refractivity contribution in [3.63, 3.8) is 0 Å². The Morgan fingerprint density at radius 2 is 1.05 bits per heavy atom. The van der Waals surface area contributed by atoms with Crippen LogP contribution in [0.3, 0.4) is 0 Å². The number of hydrogen-bond acceptors (Lipinski definition) is 3. The third-order valence-corrected chi connectivity index (χ3v) is 37.1. The first-order valence-electron chi connectivity index (χ1n) is 7.88. The third-order valence-electron chi connectivity index (χ3n) is 4.02. The second kappa shape index (κ2) is 11.1. The summed E-state index contributed by atoms with van der Waals surface area (Å²) < 4.78 is 23.4. The van der Waals surface area contributed by atoms with Gasteiger partial charge in [-0.25, -0.2) is 0 Å². The van der Waals surface area contributed by atoms with E-state index >= 15 is 0 Å². The van der Waals surface area contributed by atoms with E-state index in [1.165, 1.54) is 34.6 Å². The van der Waals surface area contributed by atoms with Gasteiger partial charge < -0.3 is 0 Å². The summed E-state index contributed by atoms with van der Waals surface area (Å²) in [5, 5.41) is 0. The predicted molar refractivity (Wildman–Crippen MR) is 87.0 cm³/mol. The molecular formula is C14H34O3Sn2. The van der Waals surface area contributed by atoms with E-state index in [9.17, 15) is 0 Å². The van der Waals surface area contributed by atoms with Crippen LogP contribution in [0.1, 0.15) is 53.4 Å². The summed E-state index contributed by atoms with van der Waals surface area (Å²) in [4.78, 5) is 0. The number of unbranched alkanes of at least 4 members (excludes halogenated alkanes) is 2. The summed E-state index contributed by atoms with van der Waals surface area (Å²) in [6.45, 7) is 8.98. The molecule has 0 rings (SSSR count). The molecule has 0 radical (unpaired) electrons. The van der Waals surface area contributed by atoms with E-state index < -0.39 is 38.4 Å². The Bertz CT molecular complexity index is 195. The quantitative estimate of drug-likeness (QED) is 0.369. The molecule has 5 heteroatoms. The molecule has 0 aromatic carbocycles. The second-order valence-corrected chi connectivity index (χ2v) is 29.4. The molecular weight excluding hydrogens is 454 g/mol. The molecule has 0 aliphatic heterocycles. The average molecular weight is 488 g/mol. The zero-order valence-electron chi connectivity index (χ0n) is 13.9. The predicted octanol–water partition coefficient (Wildman–Crippen LogP) is 4.82. The fourth-order valence-corrected chi connectivity index (χ4v) is 41.8. The van der Waals surface area contributed by atoms with Gasteiger partial charge in [-0.15, -0.1) is 0 Å². The monoisotopic (exact) mass is 490 g/mol. The Morgan fingerprint density at radius 3 is 1.26 bits per heavy atom. The molecule has 19 heavy (non-hydrogen) atoms. The van der Waals surface area contributed by atoms with Crippen LogP contribution in [-0.2, 0) is 7.56 Å². The van der Waals surface area contributed by atoms with Crippen LogP contribution in [0, 0.1) is 0 Å². The Hall–Kier alpha value is 1.48. The Balaban J connectivity index is 4.90. The van der Waals surface area contributed by atoms with Crippen LogP contribution < -0.4 is 0 Å². The van der Waals surface area contributed by atoms with Gasteiger partial charge in [-0.1, -0.05) is 0 Å². The van der Waals surface area contributed by atoms with E-state index in [1.54, 1.807) is 0 Å². The molecule has 0 amide bonds. The molecule has 0 aliphatic rings. The minimum atomic E-state index is -2.85. The van der Waals surface area contributed by atoms with Crippen molar-refractivity contribution in [2.24, 2.45) is 0 Å². The molecule has 0 N–H and O–H groups in total. The summed E-state index contributed by atoms with van der Waals surface area (Å²) in [5.41, 5.74) is 0. The van der Waals surface area contributed by atoms with Crippen LogP contribution in [0.5, 0.6) is 0 Å². The van der Waals surface area contributed by atoms with Crippen LogP contribution in [-0.4, -0.2) is 52.6 Å². The maximum atomic E-state index is 6.80. The van der Waals surface area contributed by atoms with Crippen molar-refractivity contribution in [2.45, 2.75) is 71.1 Å². The SMILES string of the molecule is CCC[CH2][Sn]([CH2]C)([O]C)[O][Sn]([CH2]C)([CH2]CCC)[O]C. The topological polar surface area (TPSA) is 27.7 Å². The Kier molecular flexibility index (Phi) is 12.0. The number of rotatable bonds is 12. The van der Waals surface area contributed by atoms with Gasteiger partial charge in [-0.3, -0.25) is 0 Å². The van der Waals surface area contributed by atoms with Gasteiger partial charge in [-0.05, 0) is 0 Å². The summed E-state index contributed by atoms with van der Waals surface area (Å²) in [6, 6.07) is 0. The first-order valence-corrected chi connectivity index (χ1v) is 20.6. The van der Waals surface area contributed by atoms with Crippen molar-refractivity contribution in [3.8, 4) is 0 Å². The molecule has 0 aromatic rings. The normalized spacial score (nSPS) is 18.0. The van der Waals surface area contributed by atoms with E-state index in [4.69, 9.17) is 7.56 Å². The molecule has 0 spiro atoms. The van der Waals surface area contributed by atoms with Gasteiger partial charge in [0, 0.05) is 0 Å². The fourth-order valence-electron chi connectivity index (χ4n) is 2.41. The van der Waals surface area contributed by atoms with Gasteiger partial charge in [0.1, 0.15) is 0 Å². The summed E-state index contributed by atoms with van der Waals surface area (Å²) in [6.07, 6.45) is 4.92. The van der Waals surface area contributed by atoms with Crippen molar-refractivity contribution in [1.82, 2.24) is 0 Å². The minimum absolute atomic E-state index is 1.11. The summed E-state index contributed by atoms with van der Waals surface area (Å²) >= 11 is -5.70. The standard InChI is InChI=1S/2C4H9.2C2H5.2CH3O.O.2Sn/c2*1-3-4-2;4*1-2;;;/h2*1,3-4H2,2H3;2*1H2,2H3;2*1H3;;;/q;;;;2*-1;;2*+1. The third kappa shape index (κ3) is 6.85. The van der Waals surface area contributed by atoms with Crippen molar-refractivity contribution in [1.29, 1.82) is 0 Å². The van der Waals surface area contributed by atoms with Crippen molar-refractivity contribution >= 4 is 38.4 Å². The van der Waals surface area contributed by atoms with Crippen LogP contribution in [0.15, 0.2) is 0 Å². The first kappa shape index (κ1) is 20.5. The van der Waals surface area contributed by atoms with Gasteiger partial charge in [0.2, 0.25) is 0 Å². The van der Waals surface area contributed by atoms with Gasteiger partial charge in [0.05, 0.1) is 0 Å². The van der Waals surface area contributed by atoms with E-state index in [-0.39, 0.29) is 0 Å². The van der Waals surface area contributed by atoms with Crippen molar-refractivity contribution in [3.05, 3.63) is 0 Å². The molecule has 0 saturated carbocycles. The van der Waals surface area contributed by atoms with Crippen molar-refractivity contribution in [2.75, 3.05) is 14.2 Å². The molecule has 0 fully saturated rings. The molecule has 0 heterocycles. The second-order valence-electron chi connectivity index (χ2n) is 5.25. The van der Waals surface area contributed by atoms with Crippen LogP contribution in [0.4, 0.5) is 0 Å². The summed E-state index contributed by atoms with van der Waals surface area (Å²) in [5.74, 6) is 0. The Morgan fingerprint density at radius 1 is 0.684 bits per heavy atom. The van der Waals surface area contributed by atoms with Crippen LogP contribution in [0.25, 0.3) is 0 Å². The molecule has 116 valence electrons. The Labute approximate surface area is 130 Å². The summed E-state index contributed by atoms with van der Waals surface area (Å²) in [7, 11) is 3.74. The zero-order chi connectivity index (χ0) is 14.8. The molecule has 0 aromatic heterocycles. The maximum absolute atomic E-state index is 6.80. The van der Waals surface area contributed by atoms with E-state index in [2.05, 4.69) is 27.7 Å². The molecule has 2 atom stereocenters. The van der Waals surface area contributed by atoms with Gasteiger partial charge >= 0.3 is 131 Å². The van der Waals surface area contributed by atoms with Crippen LogP contribution in [0.2, 0.25) is 17.7 Å². The van der Waals surface area contributed by atoms with E-state index in [0.717, 1.165) is 8.87 Å². The van der Waals surface area contributed by atoms with E-state index in [0.29, 0.717) is 0 Å². The van der Waals surface area contributed by atoms with Crippen LogP contribution >= 0.6 is 0 Å². The average Bonchev–Trinajstić information content (AvgIpc) is 2.48. The molecule has 2 unspecified atom stereocenters. The van der Waals surface area contributed by atoms with Gasteiger partial charge in [-0.2, -0.15) is 0 Å².